The third kappa shape index (κ3) is 5.47. The average Bonchev–Trinajstić information content (AvgIpc) is 2.77. The molecule has 0 radical (unpaired) electrons. The van der Waals surface area contributed by atoms with E-state index in [4.69, 9.17) is 0 Å². The summed E-state index contributed by atoms with van der Waals surface area (Å²) in [6, 6.07) is 16.2. The van der Waals surface area contributed by atoms with Crippen molar-refractivity contribution in [3.8, 4) is 0 Å². The Morgan fingerprint density at radius 1 is 1.00 bits per heavy atom. The lowest BCUT2D eigenvalue weighted by molar-refractivity contribution is -0.132. The van der Waals surface area contributed by atoms with Gasteiger partial charge in [0.05, 0.1) is 0 Å². The average molecular weight is 393 g/mol. The monoisotopic (exact) mass is 392 g/mol. The molecule has 0 aliphatic carbocycles. The summed E-state index contributed by atoms with van der Waals surface area (Å²) < 4.78 is 0. The van der Waals surface area contributed by atoms with E-state index < -0.39 is 0 Å². The molecule has 0 N–H and O–H groups in total. The van der Waals surface area contributed by atoms with Crippen molar-refractivity contribution in [2.75, 3.05) is 19.6 Å². The number of hydrogen-bond donors (Lipinski definition) is 0. The second-order valence-corrected chi connectivity index (χ2v) is 7.77. The second-order valence-electron chi connectivity index (χ2n) is 7.77. The van der Waals surface area contributed by atoms with Gasteiger partial charge in [0.25, 0.3) is 5.91 Å². The zero-order valence-corrected chi connectivity index (χ0v) is 17.7. The molecule has 0 atom stereocenters. The Kier molecular flexibility index (Phi) is 7.45. The zero-order chi connectivity index (χ0) is 20.6. The predicted octanol–water partition coefficient (Wildman–Crippen LogP) is 4.47. The van der Waals surface area contributed by atoms with Gasteiger partial charge >= 0.3 is 0 Å². The first-order valence-corrected chi connectivity index (χ1v) is 10.8. The van der Waals surface area contributed by atoms with Gasteiger partial charge in [-0.25, -0.2) is 0 Å². The number of carbonyl (C=O) groups excluding carboxylic acids is 2. The van der Waals surface area contributed by atoms with Crippen molar-refractivity contribution in [2.45, 2.75) is 52.5 Å². The van der Waals surface area contributed by atoms with Gasteiger partial charge in [0.2, 0.25) is 5.91 Å². The second kappa shape index (κ2) is 10.2. The van der Waals surface area contributed by atoms with Crippen LogP contribution in [0.15, 0.2) is 48.5 Å². The molecule has 1 heterocycles. The van der Waals surface area contributed by atoms with E-state index in [1.807, 2.05) is 42.2 Å². The molecule has 1 aliphatic rings. The van der Waals surface area contributed by atoms with Gasteiger partial charge in [-0.1, -0.05) is 49.7 Å². The fraction of sp³-hybridized carbons (Fsp3) is 0.440. The Balaban J connectivity index is 1.54. The molecule has 2 aromatic carbocycles. The van der Waals surface area contributed by atoms with Crippen molar-refractivity contribution in [2.24, 2.45) is 0 Å². The van der Waals surface area contributed by atoms with Crippen molar-refractivity contribution < 1.29 is 9.59 Å². The summed E-state index contributed by atoms with van der Waals surface area (Å²) in [6.07, 6.45) is 4.66. The van der Waals surface area contributed by atoms with Crippen LogP contribution < -0.4 is 0 Å². The summed E-state index contributed by atoms with van der Waals surface area (Å²) in [5.41, 5.74) is 4.54. The molecule has 0 spiro atoms. The molecule has 4 nitrogen and oxygen atoms in total. The molecule has 154 valence electrons. The van der Waals surface area contributed by atoms with Crippen LogP contribution in [-0.4, -0.2) is 41.2 Å². The van der Waals surface area contributed by atoms with Crippen molar-refractivity contribution in [1.29, 1.82) is 0 Å². The molecule has 0 fully saturated rings. The number of nitrogens with zero attached hydrogens (tertiary/aromatic N) is 2. The normalized spacial score (nSPS) is 13.1. The molecule has 1 aliphatic heterocycles. The molecular weight excluding hydrogens is 360 g/mol. The van der Waals surface area contributed by atoms with Crippen molar-refractivity contribution >= 4 is 11.8 Å². The number of benzene rings is 2. The molecule has 2 aromatic rings. The minimum atomic E-state index is 0.00586. The Labute approximate surface area is 174 Å². The number of fused-ring (bicyclic) bond motifs is 1. The van der Waals surface area contributed by atoms with Crippen LogP contribution in [0.2, 0.25) is 0 Å². The molecule has 0 saturated heterocycles. The Hall–Kier alpha value is -2.62. The minimum Gasteiger partial charge on any atom is -0.338 e. The van der Waals surface area contributed by atoms with E-state index in [1.54, 1.807) is 4.90 Å². The highest BCUT2D eigenvalue weighted by molar-refractivity contribution is 5.94. The highest BCUT2D eigenvalue weighted by Crippen LogP contribution is 2.19. The third-order valence-electron chi connectivity index (χ3n) is 5.77. The molecule has 3 rings (SSSR count). The summed E-state index contributed by atoms with van der Waals surface area (Å²) in [6.45, 7) is 6.65. The summed E-state index contributed by atoms with van der Waals surface area (Å²) >= 11 is 0. The largest absolute Gasteiger partial charge is 0.338 e. The van der Waals surface area contributed by atoms with Gasteiger partial charge in [-0.3, -0.25) is 9.59 Å². The van der Waals surface area contributed by atoms with Crippen LogP contribution in [0.25, 0.3) is 0 Å². The third-order valence-corrected chi connectivity index (χ3v) is 5.77. The van der Waals surface area contributed by atoms with Crippen LogP contribution in [0.3, 0.4) is 0 Å². The molecule has 0 bridgehead atoms. The van der Waals surface area contributed by atoms with E-state index in [2.05, 4.69) is 25.1 Å². The van der Waals surface area contributed by atoms with Crippen LogP contribution in [-0.2, 0) is 24.2 Å². The first kappa shape index (κ1) is 21.1. The van der Waals surface area contributed by atoms with E-state index >= 15 is 0 Å². The lowest BCUT2D eigenvalue weighted by Gasteiger charge is -2.30. The molecule has 0 saturated carbocycles. The highest BCUT2D eigenvalue weighted by Gasteiger charge is 2.22. The van der Waals surface area contributed by atoms with Crippen molar-refractivity contribution in [1.82, 2.24) is 9.80 Å². The lowest BCUT2D eigenvalue weighted by atomic mass is 10.00. The minimum absolute atomic E-state index is 0.00586. The van der Waals surface area contributed by atoms with Crippen molar-refractivity contribution in [3.63, 3.8) is 0 Å². The maximum atomic E-state index is 12.9. The SMILES string of the molecule is CCCCc1ccc(C(=O)N(CC)CCC(=O)N2CCc3ccccc3C2)cc1. The van der Waals surface area contributed by atoms with Gasteiger partial charge in [0.15, 0.2) is 0 Å². The topological polar surface area (TPSA) is 40.6 Å². The Morgan fingerprint density at radius 3 is 2.41 bits per heavy atom. The predicted molar refractivity (Wildman–Crippen MR) is 117 cm³/mol. The first-order valence-electron chi connectivity index (χ1n) is 10.8. The molecular formula is C25H32N2O2. The smallest absolute Gasteiger partial charge is 0.253 e. The molecule has 2 amide bonds. The van der Waals surface area contributed by atoms with E-state index in [1.165, 1.54) is 23.1 Å². The van der Waals surface area contributed by atoms with Crippen LogP contribution in [0.1, 0.15) is 60.2 Å². The number of carbonyl (C=O) groups is 2. The maximum Gasteiger partial charge on any atom is 0.253 e. The van der Waals surface area contributed by atoms with Crippen LogP contribution >= 0.6 is 0 Å². The standard InChI is InChI=1S/C25H32N2O2/c1-3-5-8-20-11-13-22(14-12-20)25(29)26(4-2)18-16-24(28)27-17-15-21-9-6-7-10-23(21)19-27/h6-7,9-14H,3-5,8,15-19H2,1-2H3. The number of amides is 2. The van der Waals surface area contributed by atoms with Gasteiger partial charge < -0.3 is 9.80 Å². The Morgan fingerprint density at radius 2 is 1.72 bits per heavy atom. The fourth-order valence-electron chi connectivity index (χ4n) is 3.88. The van der Waals surface area contributed by atoms with Gasteiger partial charge in [-0.2, -0.15) is 0 Å². The van der Waals surface area contributed by atoms with Gasteiger partial charge in [-0.15, -0.1) is 0 Å². The van der Waals surface area contributed by atoms with Crippen molar-refractivity contribution in [3.05, 3.63) is 70.8 Å². The van der Waals surface area contributed by atoms with Gasteiger partial charge in [0, 0.05) is 38.2 Å². The number of rotatable bonds is 8. The summed E-state index contributed by atoms with van der Waals surface area (Å²) in [4.78, 5) is 29.3. The molecule has 0 unspecified atom stereocenters. The van der Waals surface area contributed by atoms with Crippen LogP contribution in [0, 0.1) is 0 Å². The van der Waals surface area contributed by atoms with Gasteiger partial charge in [-0.05, 0) is 55.0 Å². The van der Waals surface area contributed by atoms with Gasteiger partial charge in [0.1, 0.15) is 0 Å². The van der Waals surface area contributed by atoms with E-state index in [-0.39, 0.29) is 11.8 Å². The number of hydrogen-bond acceptors (Lipinski definition) is 2. The molecule has 29 heavy (non-hydrogen) atoms. The summed E-state index contributed by atoms with van der Waals surface area (Å²) in [7, 11) is 0. The molecule has 4 heteroatoms. The van der Waals surface area contributed by atoms with E-state index in [9.17, 15) is 9.59 Å². The van der Waals surface area contributed by atoms with Crippen LogP contribution in [0.5, 0.6) is 0 Å². The summed E-state index contributed by atoms with van der Waals surface area (Å²) in [5, 5.41) is 0. The maximum absolute atomic E-state index is 12.9. The summed E-state index contributed by atoms with van der Waals surface area (Å²) in [5.74, 6) is 0.131. The zero-order valence-electron chi connectivity index (χ0n) is 17.7. The number of unbranched alkanes of at least 4 members (excludes halogenated alkanes) is 1. The fourth-order valence-corrected chi connectivity index (χ4v) is 3.88. The number of aryl methyl sites for hydroxylation is 1. The van der Waals surface area contributed by atoms with E-state index in [0.717, 1.165) is 25.8 Å². The quantitative estimate of drug-likeness (QED) is 0.665. The first-order chi connectivity index (χ1) is 14.1. The lowest BCUT2D eigenvalue weighted by Crippen LogP contribution is -2.39. The molecule has 0 aromatic heterocycles. The highest BCUT2D eigenvalue weighted by atomic mass is 16.2. The van der Waals surface area contributed by atoms with Crippen LogP contribution in [0.4, 0.5) is 0 Å². The Bertz CT molecular complexity index is 829. The van der Waals surface area contributed by atoms with E-state index in [0.29, 0.717) is 31.6 Å².